The summed E-state index contributed by atoms with van der Waals surface area (Å²) in [7, 11) is -2.08. The van der Waals surface area contributed by atoms with Gasteiger partial charge < -0.3 is 14.0 Å². The van der Waals surface area contributed by atoms with Crippen LogP contribution in [0.4, 0.5) is 0 Å². The van der Waals surface area contributed by atoms with Crippen molar-refractivity contribution < 1.29 is 27.5 Å². The van der Waals surface area contributed by atoms with Crippen molar-refractivity contribution in [3.05, 3.63) is 52.8 Å². The van der Waals surface area contributed by atoms with Gasteiger partial charge in [-0.1, -0.05) is 12.1 Å². The number of hydrogen-bond acceptors (Lipinski definition) is 7. The number of nitrogens with zero attached hydrogens (tertiary/aromatic N) is 2. The highest BCUT2D eigenvalue weighted by Crippen LogP contribution is 2.23. The highest BCUT2D eigenvalue weighted by molar-refractivity contribution is 7.90. The van der Waals surface area contributed by atoms with Crippen molar-refractivity contribution >= 4 is 27.6 Å². The van der Waals surface area contributed by atoms with Gasteiger partial charge in [-0.25, -0.2) is 13.2 Å². The van der Waals surface area contributed by atoms with Crippen LogP contribution in [0.3, 0.4) is 0 Å². The molecule has 2 heterocycles. The van der Waals surface area contributed by atoms with Crippen LogP contribution in [0.2, 0.25) is 0 Å². The van der Waals surface area contributed by atoms with Gasteiger partial charge in [0, 0.05) is 29.6 Å². The number of aliphatic imine (C=N–C) groups is 1. The van der Waals surface area contributed by atoms with Crippen molar-refractivity contribution in [2.45, 2.75) is 44.7 Å². The van der Waals surface area contributed by atoms with Gasteiger partial charge >= 0.3 is 5.97 Å². The monoisotopic (exact) mass is 461 g/mol. The van der Waals surface area contributed by atoms with Crippen LogP contribution in [0.15, 0.2) is 40.2 Å². The van der Waals surface area contributed by atoms with E-state index in [4.69, 9.17) is 9.47 Å². The summed E-state index contributed by atoms with van der Waals surface area (Å²) >= 11 is 0. The number of aromatic nitrogens is 1. The van der Waals surface area contributed by atoms with Crippen molar-refractivity contribution in [1.29, 1.82) is 0 Å². The molecule has 1 unspecified atom stereocenters. The molecule has 10 heteroatoms. The van der Waals surface area contributed by atoms with E-state index < -0.39 is 28.6 Å². The van der Waals surface area contributed by atoms with E-state index in [9.17, 15) is 18.0 Å². The molecule has 32 heavy (non-hydrogen) atoms. The molecule has 0 bridgehead atoms. The molecule has 9 nitrogen and oxygen atoms in total. The lowest BCUT2D eigenvalue weighted by Crippen LogP contribution is -2.27. The maximum atomic E-state index is 12.7. The van der Waals surface area contributed by atoms with Crippen LogP contribution in [0.5, 0.6) is 0 Å². The highest BCUT2D eigenvalue weighted by atomic mass is 32.2. The Morgan fingerprint density at radius 2 is 1.88 bits per heavy atom. The number of hydrogen-bond donors (Lipinski definition) is 1. The van der Waals surface area contributed by atoms with Crippen molar-refractivity contribution in [2.75, 3.05) is 20.3 Å². The second-order valence-electron chi connectivity index (χ2n) is 7.75. The number of nitrogens with one attached hydrogen (secondary N) is 1. The fraction of sp³-hybridized carbons (Fsp3) is 0.409. The molecule has 0 saturated heterocycles. The van der Waals surface area contributed by atoms with Crippen molar-refractivity contribution in [1.82, 2.24) is 9.29 Å². The van der Waals surface area contributed by atoms with Gasteiger partial charge in [-0.05, 0) is 45.9 Å². The quantitative estimate of drug-likeness (QED) is 0.476. The van der Waals surface area contributed by atoms with E-state index in [2.05, 4.69) is 9.71 Å². The van der Waals surface area contributed by atoms with Crippen LogP contribution in [-0.4, -0.2) is 56.9 Å². The first-order chi connectivity index (χ1) is 15.1. The smallest absolute Gasteiger partial charge is 0.331 e. The third kappa shape index (κ3) is 4.61. The zero-order valence-electron chi connectivity index (χ0n) is 18.7. The van der Waals surface area contributed by atoms with E-state index in [1.54, 1.807) is 31.4 Å². The number of sulfonamides is 1. The van der Waals surface area contributed by atoms with Crippen molar-refractivity contribution in [3.63, 3.8) is 0 Å². The first-order valence-corrected chi connectivity index (χ1v) is 11.6. The lowest BCUT2D eigenvalue weighted by molar-refractivity contribution is -0.143. The van der Waals surface area contributed by atoms with Gasteiger partial charge in [-0.3, -0.25) is 14.5 Å². The number of carbonyl (C=O) groups excluding carboxylic acids is 2. The molecule has 1 N–H and O–H groups in total. The van der Waals surface area contributed by atoms with Gasteiger partial charge in [-0.2, -0.15) is 0 Å². The van der Waals surface area contributed by atoms with Crippen molar-refractivity contribution in [3.8, 4) is 0 Å². The molecule has 2 aromatic rings. The molecule has 0 fully saturated rings. The number of ketones is 1. The lowest BCUT2D eigenvalue weighted by Gasteiger charge is -2.17. The van der Waals surface area contributed by atoms with E-state index in [0.717, 1.165) is 11.4 Å². The molecule has 172 valence electrons. The normalized spacial score (nSPS) is 17.5. The second-order valence-corrected chi connectivity index (χ2v) is 9.40. The SMILES string of the molecule is COCC(C)n1c(C)cc(C(=O)COC(=O)[C@H](C)N=C2NS(=O)(=O)c3ccccc32)c1C. The van der Waals surface area contributed by atoms with Gasteiger partial charge in [-0.15, -0.1) is 0 Å². The summed E-state index contributed by atoms with van der Waals surface area (Å²) in [4.78, 5) is 29.4. The molecular weight excluding hydrogens is 434 g/mol. The Hall–Kier alpha value is -2.98. The van der Waals surface area contributed by atoms with Crippen LogP contribution < -0.4 is 4.72 Å². The Morgan fingerprint density at radius 3 is 2.56 bits per heavy atom. The van der Waals surface area contributed by atoms with Gasteiger partial charge in [0.15, 0.2) is 6.61 Å². The van der Waals surface area contributed by atoms with Crippen LogP contribution >= 0.6 is 0 Å². The number of methoxy groups -OCH3 is 1. The first kappa shape index (κ1) is 23.7. The predicted molar refractivity (Wildman–Crippen MR) is 119 cm³/mol. The maximum absolute atomic E-state index is 12.7. The fourth-order valence-electron chi connectivity index (χ4n) is 3.86. The average Bonchev–Trinajstić information content (AvgIpc) is 3.18. The van der Waals surface area contributed by atoms with Crippen LogP contribution in [-0.2, 0) is 24.3 Å². The van der Waals surface area contributed by atoms with Crippen LogP contribution in [0.1, 0.15) is 47.2 Å². The minimum absolute atomic E-state index is 0.0537. The molecule has 1 aliphatic heterocycles. The Bertz CT molecular complexity index is 1180. The minimum Gasteiger partial charge on any atom is -0.456 e. The number of amidine groups is 1. The summed E-state index contributed by atoms with van der Waals surface area (Å²) in [6.07, 6.45) is 0. The summed E-state index contributed by atoms with van der Waals surface area (Å²) in [5, 5.41) is 0. The standard InChI is InChI=1S/C22H27N3O6S/c1-13-10-18(16(4)25(13)14(2)11-30-5)19(26)12-31-22(27)15(3)23-21-17-8-6-7-9-20(17)32(28,29)24-21/h6-10,14-15H,11-12H2,1-5H3,(H,23,24)/t14?,15-/m0/s1. The molecule has 1 aromatic carbocycles. The van der Waals surface area contributed by atoms with Gasteiger partial charge in [0.2, 0.25) is 5.78 Å². The third-order valence-electron chi connectivity index (χ3n) is 5.31. The molecule has 0 spiro atoms. The lowest BCUT2D eigenvalue weighted by atomic mass is 10.1. The Balaban J connectivity index is 1.68. The molecule has 2 atom stereocenters. The topological polar surface area (TPSA) is 116 Å². The number of Topliss-reactive ketones (excluding diaryl/α,β-unsaturated/α-hetero) is 1. The Kier molecular flexibility index (Phi) is 6.85. The zero-order valence-corrected chi connectivity index (χ0v) is 19.5. The average molecular weight is 462 g/mol. The maximum Gasteiger partial charge on any atom is 0.331 e. The zero-order chi connectivity index (χ0) is 23.6. The molecular formula is C22H27N3O6S. The second kappa shape index (κ2) is 9.25. The number of fused-ring (bicyclic) bond motifs is 1. The number of aryl methyl sites for hydroxylation is 1. The predicted octanol–water partition coefficient (Wildman–Crippen LogP) is 2.17. The van der Waals surface area contributed by atoms with Crippen LogP contribution in [0.25, 0.3) is 0 Å². The number of carbonyl (C=O) groups is 2. The molecule has 1 aromatic heterocycles. The number of rotatable bonds is 8. The molecule has 0 aliphatic carbocycles. The van der Waals surface area contributed by atoms with E-state index in [1.165, 1.54) is 13.0 Å². The third-order valence-corrected chi connectivity index (χ3v) is 6.70. The van der Waals surface area contributed by atoms with Gasteiger partial charge in [0.05, 0.1) is 17.5 Å². The summed E-state index contributed by atoms with van der Waals surface area (Å²) in [5.74, 6) is -0.975. The van der Waals surface area contributed by atoms with Crippen molar-refractivity contribution in [2.24, 2.45) is 4.99 Å². The largest absolute Gasteiger partial charge is 0.456 e. The Morgan fingerprint density at radius 1 is 1.19 bits per heavy atom. The Labute approximate surface area is 187 Å². The molecule has 0 radical (unpaired) electrons. The van der Waals surface area contributed by atoms with E-state index in [-0.39, 0.29) is 22.6 Å². The fourth-order valence-corrected chi connectivity index (χ4v) is 5.10. The van der Waals surface area contributed by atoms with E-state index in [0.29, 0.717) is 17.7 Å². The van der Waals surface area contributed by atoms with E-state index >= 15 is 0 Å². The summed E-state index contributed by atoms with van der Waals surface area (Å²) < 4.78 is 39.1. The molecule has 0 saturated carbocycles. The molecule has 0 amide bonds. The van der Waals surface area contributed by atoms with Gasteiger partial charge in [0.25, 0.3) is 10.0 Å². The summed E-state index contributed by atoms with van der Waals surface area (Å²) in [6, 6.07) is 7.18. The highest BCUT2D eigenvalue weighted by Gasteiger charge is 2.31. The number of benzene rings is 1. The number of esters is 1. The first-order valence-electron chi connectivity index (χ1n) is 10.1. The van der Waals surface area contributed by atoms with Crippen LogP contribution in [0, 0.1) is 13.8 Å². The summed E-state index contributed by atoms with van der Waals surface area (Å²) in [6.45, 7) is 7.29. The van der Waals surface area contributed by atoms with E-state index in [1.807, 2.05) is 25.3 Å². The molecule has 3 rings (SSSR count). The van der Waals surface area contributed by atoms with Gasteiger partial charge in [0.1, 0.15) is 11.9 Å². The summed E-state index contributed by atoms with van der Waals surface area (Å²) in [5.41, 5.74) is 2.56. The minimum atomic E-state index is -3.70. The molecule has 1 aliphatic rings. The number of ether oxygens (including phenoxy) is 2.